The molecule has 0 bridgehead atoms. The minimum atomic E-state index is -0.0766. The fourth-order valence-electron chi connectivity index (χ4n) is 1.72. The molecule has 0 aliphatic carbocycles. The highest BCUT2D eigenvalue weighted by Crippen LogP contribution is 2.26. The van der Waals surface area contributed by atoms with E-state index in [1.807, 2.05) is 13.8 Å². The Morgan fingerprint density at radius 3 is 2.61 bits per heavy atom. The number of rotatable bonds is 7. The summed E-state index contributed by atoms with van der Waals surface area (Å²) in [5.41, 5.74) is 0.601. The number of hydrogen-bond acceptors (Lipinski definition) is 4. The van der Waals surface area contributed by atoms with E-state index in [0.717, 1.165) is 6.54 Å². The minimum absolute atomic E-state index is 0.0766. The molecule has 4 heteroatoms. The molecule has 0 aromatic heterocycles. The molecule has 0 saturated heterocycles. The van der Waals surface area contributed by atoms with Gasteiger partial charge in [0.05, 0.1) is 19.8 Å². The van der Waals surface area contributed by atoms with E-state index in [0.29, 0.717) is 23.6 Å². The van der Waals surface area contributed by atoms with Crippen molar-refractivity contribution < 1.29 is 14.3 Å². The van der Waals surface area contributed by atoms with Crippen LogP contribution in [0.5, 0.6) is 11.5 Å². The van der Waals surface area contributed by atoms with Crippen LogP contribution >= 0.6 is 0 Å². The topological polar surface area (TPSA) is 47.6 Å². The molecule has 1 N–H and O–H groups in total. The van der Waals surface area contributed by atoms with E-state index < -0.39 is 0 Å². The first-order valence-corrected chi connectivity index (χ1v) is 6.11. The SMILES string of the molecule is CCNCC(C)C(=O)c1ccc(OC)cc1OC. The lowest BCUT2D eigenvalue weighted by molar-refractivity contribution is 0.0926. The summed E-state index contributed by atoms with van der Waals surface area (Å²) in [7, 11) is 3.14. The molecule has 1 rings (SSSR count). The normalized spacial score (nSPS) is 12.0. The molecular weight excluding hydrogens is 230 g/mol. The molecule has 1 aromatic carbocycles. The van der Waals surface area contributed by atoms with Gasteiger partial charge in [-0.25, -0.2) is 0 Å². The van der Waals surface area contributed by atoms with Crippen molar-refractivity contribution in [1.82, 2.24) is 5.32 Å². The number of carbonyl (C=O) groups is 1. The maximum atomic E-state index is 12.3. The molecule has 100 valence electrons. The van der Waals surface area contributed by atoms with E-state index in [1.54, 1.807) is 32.4 Å². The van der Waals surface area contributed by atoms with Crippen LogP contribution in [-0.4, -0.2) is 33.1 Å². The van der Waals surface area contributed by atoms with E-state index in [2.05, 4.69) is 5.32 Å². The van der Waals surface area contributed by atoms with Gasteiger partial charge in [0.25, 0.3) is 0 Å². The average Bonchev–Trinajstić information content (AvgIpc) is 2.43. The lowest BCUT2D eigenvalue weighted by Crippen LogP contribution is -2.26. The van der Waals surface area contributed by atoms with Gasteiger partial charge in [0, 0.05) is 18.5 Å². The first-order chi connectivity index (χ1) is 8.63. The Kier molecular flexibility index (Phi) is 5.65. The minimum Gasteiger partial charge on any atom is -0.497 e. The van der Waals surface area contributed by atoms with Gasteiger partial charge in [-0.05, 0) is 18.7 Å². The highest BCUT2D eigenvalue weighted by atomic mass is 16.5. The molecule has 0 saturated carbocycles. The van der Waals surface area contributed by atoms with Crippen molar-refractivity contribution >= 4 is 5.78 Å². The van der Waals surface area contributed by atoms with Crippen molar-refractivity contribution in [2.45, 2.75) is 13.8 Å². The second-order valence-electron chi connectivity index (χ2n) is 4.14. The van der Waals surface area contributed by atoms with Crippen molar-refractivity contribution in [1.29, 1.82) is 0 Å². The van der Waals surface area contributed by atoms with Crippen molar-refractivity contribution in [3.05, 3.63) is 23.8 Å². The number of nitrogens with one attached hydrogen (secondary N) is 1. The first-order valence-electron chi connectivity index (χ1n) is 6.11. The van der Waals surface area contributed by atoms with Crippen LogP contribution in [0.15, 0.2) is 18.2 Å². The predicted molar refractivity (Wildman–Crippen MR) is 71.6 cm³/mol. The van der Waals surface area contributed by atoms with Gasteiger partial charge in [0.15, 0.2) is 5.78 Å². The van der Waals surface area contributed by atoms with Gasteiger partial charge in [-0.2, -0.15) is 0 Å². The zero-order valence-corrected chi connectivity index (χ0v) is 11.4. The third-order valence-corrected chi connectivity index (χ3v) is 2.82. The first kappa shape index (κ1) is 14.5. The Morgan fingerprint density at radius 1 is 1.33 bits per heavy atom. The van der Waals surface area contributed by atoms with Crippen molar-refractivity contribution in [2.24, 2.45) is 5.92 Å². The van der Waals surface area contributed by atoms with Crippen LogP contribution in [0.1, 0.15) is 24.2 Å². The molecule has 0 fully saturated rings. The molecule has 0 aliphatic rings. The third kappa shape index (κ3) is 3.47. The van der Waals surface area contributed by atoms with Crippen molar-refractivity contribution in [3.8, 4) is 11.5 Å². The van der Waals surface area contributed by atoms with Crippen LogP contribution in [0.25, 0.3) is 0 Å². The third-order valence-electron chi connectivity index (χ3n) is 2.82. The Hall–Kier alpha value is -1.55. The highest BCUT2D eigenvalue weighted by Gasteiger charge is 2.19. The molecule has 1 aromatic rings. The van der Waals surface area contributed by atoms with Gasteiger partial charge < -0.3 is 14.8 Å². The lowest BCUT2D eigenvalue weighted by atomic mass is 9.98. The number of carbonyl (C=O) groups excluding carboxylic acids is 1. The molecule has 1 unspecified atom stereocenters. The van der Waals surface area contributed by atoms with Crippen LogP contribution in [0.4, 0.5) is 0 Å². The second kappa shape index (κ2) is 7.01. The smallest absolute Gasteiger partial charge is 0.170 e. The standard InChI is InChI=1S/C14H21NO3/c1-5-15-9-10(2)14(16)12-7-6-11(17-3)8-13(12)18-4/h6-8,10,15H,5,9H2,1-4H3. The van der Waals surface area contributed by atoms with Gasteiger partial charge in [-0.15, -0.1) is 0 Å². The molecule has 1 atom stereocenters. The second-order valence-corrected chi connectivity index (χ2v) is 4.14. The summed E-state index contributed by atoms with van der Waals surface area (Å²) in [6.45, 7) is 5.46. The summed E-state index contributed by atoms with van der Waals surface area (Å²) < 4.78 is 10.4. The van der Waals surface area contributed by atoms with E-state index in [1.165, 1.54) is 0 Å². The fraction of sp³-hybridized carbons (Fsp3) is 0.500. The fourth-order valence-corrected chi connectivity index (χ4v) is 1.72. The number of ether oxygens (including phenoxy) is 2. The van der Waals surface area contributed by atoms with E-state index >= 15 is 0 Å². The van der Waals surface area contributed by atoms with Gasteiger partial charge in [-0.3, -0.25) is 4.79 Å². The van der Waals surface area contributed by atoms with Gasteiger partial charge in [0.1, 0.15) is 11.5 Å². The molecule has 0 radical (unpaired) electrons. The summed E-state index contributed by atoms with van der Waals surface area (Å²) >= 11 is 0. The van der Waals surface area contributed by atoms with Crippen LogP contribution in [0, 0.1) is 5.92 Å². The van der Waals surface area contributed by atoms with Crippen LogP contribution in [0.2, 0.25) is 0 Å². The van der Waals surface area contributed by atoms with Gasteiger partial charge in [-0.1, -0.05) is 13.8 Å². The maximum absolute atomic E-state index is 12.3. The van der Waals surface area contributed by atoms with E-state index in [4.69, 9.17) is 9.47 Å². The Morgan fingerprint density at radius 2 is 2.06 bits per heavy atom. The zero-order valence-electron chi connectivity index (χ0n) is 11.4. The van der Waals surface area contributed by atoms with Crippen molar-refractivity contribution in [3.63, 3.8) is 0 Å². The van der Waals surface area contributed by atoms with E-state index in [-0.39, 0.29) is 11.7 Å². The molecular formula is C14H21NO3. The Labute approximate surface area is 108 Å². The van der Waals surface area contributed by atoms with Gasteiger partial charge >= 0.3 is 0 Å². The summed E-state index contributed by atoms with van der Waals surface area (Å²) in [5.74, 6) is 1.24. The summed E-state index contributed by atoms with van der Waals surface area (Å²) in [4.78, 5) is 12.3. The summed E-state index contributed by atoms with van der Waals surface area (Å²) in [5, 5.41) is 3.17. The number of ketones is 1. The number of benzene rings is 1. The monoisotopic (exact) mass is 251 g/mol. The average molecular weight is 251 g/mol. The lowest BCUT2D eigenvalue weighted by Gasteiger charge is -2.14. The van der Waals surface area contributed by atoms with Crippen LogP contribution in [0.3, 0.4) is 0 Å². The molecule has 0 aliphatic heterocycles. The highest BCUT2D eigenvalue weighted by molar-refractivity contribution is 6.00. The molecule has 18 heavy (non-hydrogen) atoms. The largest absolute Gasteiger partial charge is 0.497 e. The van der Waals surface area contributed by atoms with Crippen LogP contribution in [-0.2, 0) is 0 Å². The zero-order chi connectivity index (χ0) is 13.5. The van der Waals surface area contributed by atoms with Crippen molar-refractivity contribution in [2.75, 3.05) is 27.3 Å². The Bertz CT molecular complexity index is 404. The summed E-state index contributed by atoms with van der Waals surface area (Å²) in [6, 6.07) is 5.26. The Balaban J connectivity index is 2.90. The van der Waals surface area contributed by atoms with Crippen LogP contribution < -0.4 is 14.8 Å². The molecule has 0 amide bonds. The molecule has 4 nitrogen and oxygen atoms in total. The maximum Gasteiger partial charge on any atom is 0.170 e. The van der Waals surface area contributed by atoms with Gasteiger partial charge in [0.2, 0.25) is 0 Å². The molecule has 0 spiro atoms. The quantitative estimate of drug-likeness (QED) is 0.754. The molecule has 0 heterocycles. The number of methoxy groups -OCH3 is 2. The predicted octanol–water partition coefficient (Wildman–Crippen LogP) is 2.13. The summed E-state index contributed by atoms with van der Waals surface area (Å²) in [6.07, 6.45) is 0. The number of hydrogen-bond donors (Lipinski definition) is 1. The number of Topliss-reactive ketones (excluding diaryl/α,β-unsaturated/α-hetero) is 1. The van der Waals surface area contributed by atoms with E-state index in [9.17, 15) is 4.79 Å².